The summed E-state index contributed by atoms with van der Waals surface area (Å²) in [7, 11) is 0. The van der Waals surface area contributed by atoms with Gasteiger partial charge in [-0.1, -0.05) is 13.8 Å². The summed E-state index contributed by atoms with van der Waals surface area (Å²) in [4.78, 5) is 11.0. The van der Waals surface area contributed by atoms with Crippen LogP contribution in [0.3, 0.4) is 0 Å². The molecule has 0 aliphatic carbocycles. The molecule has 2 rings (SSSR count). The topological polar surface area (TPSA) is 31.4 Å². The van der Waals surface area contributed by atoms with Crippen molar-refractivity contribution in [1.29, 1.82) is 0 Å². The molecule has 1 saturated heterocycles. The highest BCUT2D eigenvalue weighted by molar-refractivity contribution is 7.15. The molecule has 2 unspecified atom stereocenters. The molecule has 0 bridgehead atoms. The number of hydrogen-bond acceptors (Lipinski definition) is 5. The molecule has 0 spiro atoms. The summed E-state index contributed by atoms with van der Waals surface area (Å²) >= 11 is 1.85. The van der Waals surface area contributed by atoms with E-state index in [1.165, 1.54) is 22.9 Å². The Morgan fingerprint density at radius 2 is 1.95 bits per heavy atom. The summed E-state index contributed by atoms with van der Waals surface area (Å²) in [5.74, 6) is 0. The molecule has 1 N–H and O–H groups in total. The second kappa shape index (κ2) is 8.11. The molecule has 1 aliphatic heterocycles. The van der Waals surface area contributed by atoms with Gasteiger partial charge in [-0.25, -0.2) is 4.98 Å². The number of hydrogen-bond donors (Lipinski definition) is 1. The number of anilines is 1. The lowest BCUT2D eigenvalue weighted by Crippen LogP contribution is -2.49. The van der Waals surface area contributed by atoms with E-state index in [0.29, 0.717) is 12.1 Å². The fraction of sp³-hybridized carbons (Fsp3) is 0.812. The lowest BCUT2D eigenvalue weighted by Gasteiger charge is -2.37. The Bertz CT molecular complexity index is 412. The van der Waals surface area contributed by atoms with Gasteiger partial charge in [0.25, 0.3) is 0 Å². The van der Waals surface area contributed by atoms with Crippen LogP contribution in [0.2, 0.25) is 0 Å². The highest BCUT2D eigenvalue weighted by Gasteiger charge is 2.22. The molecule has 0 radical (unpaired) electrons. The molecule has 0 aromatic carbocycles. The fourth-order valence-electron chi connectivity index (χ4n) is 2.70. The van der Waals surface area contributed by atoms with Crippen molar-refractivity contribution in [2.45, 2.75) is 52.6 Å². The molecular formula is C16H30N4S. The van der Waals surface area contributed by atoms with Crippen molar-refractivity contribution in [2.75, 3.05) is 37.6 Å². The molecule has 1 aromatic rings. The van der Waals surface area contributed by atoms with Gasteiger partial charge in [-0.2, -0.15) is 0 Å². The van der Waals surface area contributed by atoms with Gasteiger partial charge >= 0.3 is 0 Å². The number of piperazine rings is 1. The van der Waals surface area contributed by atoms with E-state index in [9.17, 15) is 0 Å². The quantitative estimate of drug-likeness (QED) is 0.838. The number of thiazole rings is 1. The SMILES string of the molecule is CCCNC(C)c1cnc(N2CCN(C(C)CC)CC2)s1. The van der Waals surface area contributed by atoms with Crippen LogP contribution in [-0.4, -0.2) is 48.6 Å². The van der Waals surface area contributed by atoms with Crippen molar-refractivity contribution in [1.82, 2.24) is 15.2 Å². The van der Waals surface area contributed by atoms with Crippen molar-refractivity contribution in [3.8, 4) is 0 Å². The molecule has 120 valence electrons. The molecule has 4 nitrogen and oxygen atoms in total. The van der Waals surface area contributed by atoms with Crippen LogP contribution >= 0.6 is 11.3 Å². The van der Waals surface area contributed by atoms with Crippen molar-refractivity contribution in [2.24, 2.45) is 0 Å². The lowest BCUT2D eigenvalue weighted by molar-refractivity contribution is 0.193. The standard InChI is InChI=1S/C16H30N4S/c1-5-7-17-14(4)15-12-18-16(21-15)20-10-8-19(9-11-20)13(3)6-2/h12-14,17H,5-11H2,1-4H3. The second-order valence-corrected chi connectivity index (χ2v) is 7.04. The van der Waals surface area contributed by atoms with E-state index in [1.54, 1.807) is 0 Å². The smallest absolute Gasteiger partial charge is 0.185 e. The van der Waals surface area contributed by atoms with Gasteiger partial charge in [-0.15, -0.1) is 11.3 Å². The Morgan fingerprint density at radius 3 is 2.57 bits per heavy atom. The number of rotatable bonds is 7. The highest BCUT2D eigenvalue weighted by Crippen LogP contribution is 2.28. The fourth-order valence-corrected chi connectivity index (χ4v) is 3.69. The van der Waals surface area contributed by atoms with Crippen molar-refractivity contribution in [3.05, 3.63) is 11.1 Å². The summed E-state index contributed by atoms with van der Waals surface area (Å²) in [6, 6.07) is 1.12. The predicted octanol–water partition coefficient (Wildman–Crippen LogP) is 3.12. The molecule has 1 aliphatic rings. The molecule has 1 fully saturated rings. The first-order valence-electron chi connectivity index (χ1n) is 8.33. The Hall–Kier alpha value is -0.650. The Kier molecular flexibility index (Phi) is 6.45. The minimum atomic E-state index is 0.414. The predicted molar refractivity (Wildman–Crippen MR) is 92.4 cm³/mol. The molecule has 5 heteroatoms. The summed E-state index contributed by atoms with van der Waals surface area (Å²) in [5, 5.41) is 4.73. The van der Waals surface area contributed by atoms with Crippen molar-refractivity contribution < 1.29 is 0 Å². The molecule has 0 amide bonds. The molecule has 21 heavy (non-hydrogen) atoms. The maximum Gasteiger partial charge on any atom is 0.185 e. The number of aromatic nitrogens is 1. The van der Waals surface area contributed by atoms with Gasteiger partial charge in [0.15, 0.2) is 5.13 Å². The van der Waals surface area contributed by atoms with E-state index in [-0.39, 0.29) is 0 Å². The van der Waals surface area contributed by atoms with Gasteiger partial charge < -0.3 is 10.2 Å². The molecular weight excluding hydrogens is 280 g/mol. The summed E-state index contributed by atoms with van der Waals surface area (Å²) in [6.45, 7) is 14.6. The van der Waals surface area contributed by atoms with E-state index in [2.05, 4.69) is 47.8 Å². The van der Waals surface area contributed by atoms with E-state index in [4.69, 9.17) is 0 Å². The minimum absolute atomic E-state index is 0.414. The average molecular weight is 311 g/mol. The molecule has 0 saturated carbocycles. The Morgan fingerprint density at radius 1 is 1.24 bits per heavy atom. The van der Waals surface area contributed by atoms with Gasteiger partial charge in [-0.3, -0.25) is 4.90 Å². The normalized spacial score (nSPS) is 19.7. The van der Waals surface area contributed by atoms with Crippen LogP contribution in [0.4, 0.5) is 5.13 Å². The maximum atomic E-state index is 4.64. The van der Waals surface area contributed by atoms with E-state index >= 15 is 0 Å². The van der Waals surface area contributed by atoms with E-state index in [0.717, 1.165) is 32.7 Å². The Balaban J connectivity index is 1.88. The highest BCUT2D eigenvalue weighted by atomic mass is 32.1. The van der Waals surface area contributed by atoms with Gasteiger partial charge in [-0.05, 0) is 33.2 Å². The zero-order chi connectivity index (χ0) is 15.2. The molecule has 2 atom stereocenters. The van der Waals surface area contributed by atoms with E-state index in [1.807, 2.05) is 17.5 Å². The molecule has 2 heterocycles. The van der Waals surface area contributed by atoms with Gasteiger partial charge in [0.1, 0.15) is 0 Å². The van der Waals surface area contributed by atoms with Crippen LogP contribution in [0.1, 0.15) is 51.5 Å². The largest absolute Gasteiger partial charge is 0.346 e. The van der Waals surface area contributed by atoms with Gasteiger partial charge in [0.05, 0.1) is 0 Å². The summed E-state index contributed by atoms with van der Waals surface area (Å²) in [6.07, 6.45) is 4.46. The summed E-state index contributed by atoms with van der Waals surface area (Å²) < 4.78 is 0. The maximum absolute atomic E-state index is 4.64. The second-order valence-electron chi connectivity index (χ2n) is 6.00. The zero-order valence-electron chi connectivity index (χ0n) is 13.9. The number of nitrogens with zero attached hydrogens (tertiary/aromatic N) is 3. The first-order chi connectivity index (χ1) is 10.2. The van der Waals surface area contributed by atoms with Gasteiger partial charge in [0.2, 0.25) is 0 Å². The zero-order valence-corrected chi connectivity index (χ0v) is 14.7. The number of nitrogens with one attached hydrogen (secondary N) is 1. The lowest BCUT2D eigenvalue weighted by atomic mass is 10.2. The Labute approximate surface area is 133 Å². The summed E-state index contributed by atoms with van der Waals surface area (Å²) in [5.41, 5.74) is 0. The first-order valence-corrected chi connectivity index (χ1v) is 9.15. The average Bonchev–Trinajstić information content (AvgIpc) is 3.02. The third-order valence-electron chi connectivity index (χ3n) is 4.44. The minimum Gasteiger partial charge on any atom is -0.346 e. The van der Waals surface area contributed by atoms with Crippen LogP contribution in [0.5, 0.6) is 0 Å². The third-order valence-corrected chi connectivity index (χ3v) is 5.68. The van der Waals surface area contributed by atoms with Crippen LogP contribution in [0.15, 0.2) is 6.20 Å². The van der Waals surface area contributed by atoms with Crippen LogP contribution in [0, 0.1) is 0 Å². The third kappa shape index (κ3) is 4.41. The molecule has 1 aromatic heterocycles. The van der Waals surface area contributed by atoms with Crippen LogP contribution < -0.4 is 10.2 Å². The van der Waals surface area contributed by atoms with E-state index < -0.39 is 0 Å². The monoisotopic (exact) mass is 310 g/mol. The van der Waals surface area contributed by atoms with Crippen molar-refractivity contribution in [3.63, 3.8) is 0 Å². The van der Waals surface area contributed by atoms with Crippen LogP contribution in [-0.2, 0) is 0 Å². The van der Waals surface area contributed by atoms with Crippen LogP contribution in [0.25, 0.3) is 0 Å². The first kappa shape index (κ1) is 16.7. The van der Waals surface area contributed by atoms with Gasteiger partial charge in [0, 0.05) is 49.3 Å². The van der Waals surface area contributed by atoms with Crippen molar-refractivity contribution >= 4 is 16.5 Å².